The smallest absolute Gasteiger partial charge is 0.312 e. The lowest BCUT2D eigenvalue weighted by Gasteiger charge is -2.25. The van der Waals surface area contributed by atoms with Crippen molar-refractivity contribution < 1.29 is 23.5 Å². The van der Waals surface area contributed by atoms with E-state index >= 15 is 0 Å². The van der Waals surface area contributed by atoms with E-state index in [0.717, 1.165) is 5.56 Å². The zero-order valence-corrected chi connectivity index (χ0v) is 19.7. The fourth-order valence-corrected chi connectivity index (χ4v) is 4.83. The summed E-state index contributed by atoms with van der Waals surface area (Å²) in [7, 11) is 0. The molecule has 178 valence electrons. The summed E-state index contributed by atoms with van der Waals surface area (Å²) >= 11 is 0. The maximum absolute atomic E-state index is 13.4. The zero-order chi connectivity index (χ0) is 25.0. The summed E-state index contributed by atoms with van der Waals surface area (Å²) in [5.74, 6) is -0.233. The van der Waals surface area contributed by atoms with Gasteiger partial charge in [0.25, 0.3) is 0 Å². The lowest BCUT2D eigenvalue weighted by Crippen LogP contribution is -2.25. The van der Waals surface area contributed by atoms with Crippen molar-refractivity contribution in [3.05, 3.63) is 111 Å². The summed E-state index contributed by atoms with van der Waals surface area (Å²) < 4.78 is 17.3. The molecule has 1 unspecified atom stereocenters. The number of Topliss-reactive ketones (excluding diaryl/α,β-unsaturated/α-hetero) is 1. The number of fused-ring (bicyclic) bond motifs is 4. The van der Waals surface area contributed by atoms with Gasteiger partial charge in [-0.3, -0.25) is 14.4 Å². The quantitative estimate of drug-likeness (QED) is 0.205. The van der Waals surface area contributed by atoms with Crippen molar-refractivity contribution in [2.75, 3.05) is 0 Å². The molecule has 0 aliphatic carbocycles. The van der Waals surface area contributed by atoms with Crippen molar-refractivity contribution in [1.82, 2.24) is 0 Å². The van der Waals surface area contributed by atoms with Gasteiger partial charge in [0.2, 0.25) is 5.78 Å². The monoisotopic (exact) mass is 478 g/mol. The van der Waals surface area contributed by atoms with E-state index in [9.17, 15) is 14.4 Å². The molecule has 2 aliphatic rings. The summed E-state index contributed by atoms with van der Waals surface area (Å²) in [4.78, 5) is 39.0. The number of ketones is 1. The molecule has 3 aromatic carbocycles. The van der Waals surface area contributed by atoms with Crippen molar-refractivity contribution in [3.63, 3.8) is 0 Å². The average Bonchev–Trinajstić information content (AvgIpc) is 3.19. The molecule has 0 fully saturated rings. The van der Waals surface area contributed by atoms with Crippen molar-refractivity contribution >= 4 is 28.8 Å². The summed E-state index contributed by atoms with van der Waals surface area (Å²) in [5, 5.41) is 0.422. The Morgan fingerprint density at radius 2 is 1.69 bits per heavy atom. The summed E-state index contributed by atoms with van der Waals surface area (Å²) in [5.41, 5.74) is 3.45. The standard InChI is InChI=1S/C30H22O6/c1-16(2)18-9-7-17(8-10-18)13-25-29(33)20-11-12-24-27(30(20)36-25)21(14-26(31)35-24)22-15-34-23-6-4-3-5-19(23)28(22)32/h3-13,15-16,21H,14H2,1-2H3. The second kappa shape index (κ2) is 8.34. The number of carbonyl (C=O) groups excluding carboxylic acids is 2. The van der Waals surface area contributed by atoms with Crippen molar-refractivity contribution in [3.8, 4) is 11.5 Å². The normalized spacial score (nSPS) is 17.8. The van der Waals surface area contributed by atoms with Crippen LogP contribution in [0.1, 0.15) is 64.7 Å². The van der Waals surface area contributed by atoms with Gasteiger partial charge in [-0.2, -0.15) is 0 Å². The number of esters is 1. The van der Waals surface area contributed by atoms with Crippen LogP contribution in [0.3, 0.4) is 0 Å². The van der Waals surface area contributed by atoms with E-state index in [0.29, 0.717) is 39.3 Å². The first-order valence-electron chi connectivity index (χ1n) is 11.8. The molecule has 0 spiro atoms. The second-order valence-electron chi connectivity index (χ2n) is 9.36. The highest BCUT2D eigenvalue weighted by Crippen LogP contribution is 2.48. The Morgan fingerprint density at radius 3 is 2.47 bits per heavy atom. The molecular formula is C30H22O6. The maximum Gasteiger partial charge on any atom is 0.312 e. The SMILES string of the molecule is CC(C)c1ccc(C=C2Oc3c(ccc4c3C(c3coc5ccccc5c3=O)CC(=O)O4)C2=O)cc1. The van der Waals surface area contributed by atoms with Crippen LogP contribution in [0.4, 0.5) is 0 Å². The minimum absolute atomic E-state index is 0.0696. The van der Waals surface area contributed by atoms with Crippen LogP contribution in [0.5, 0.6) is 11.5 Å². The van der Waals surface area contributed by atoms with E-state index < -0.39 is 11.9 Å². The average molecular weight is 479 g/mol. The lowest BCUT2D eigenvalue weighted by atomic mass is 9.85. The van der Waals surface area contributed by atoms with Crippen LogP contribution in [0.2, 0.25) is 0 Å². The molecule has 6 heteroatoms. The molecule has 0 bridgehead atoms. The van der Waals surface area contributed by atoms with Gasteiger partial charge in [0.1, 0.15) is 17.1 Å². The van der Waals surface area contributed by atoms with Gasteiger partial charge in [0, 0.05) is 17.0 Å². The van der Waals surface area contributed by atoms with Crippen LogP contribution in [-0.2, 0) is 4.79 Å². The first kappa shape index (κ1) is 22.0. The Labute approximate surface area is 206 Å². The predicted octanol–water partition coefficient (Wildman–Crippen LogP) is 5.97. The van der Waals surface area contributed by atoms with Crippen LogP contribution in [0.15, 0.2) is 81.9 Å². The number of benzene rings is 3. The highest BCUT2D eigenvalue weighted by molar-refractivity contribution is 6.15. The van der Waals surface area contributed by atoms with E-state index in [2.05, 4.69) is 13.8 Å². The van der Waals surface area contributed by atoms with Crippen LogP contribution >= 0.6 is 0 Å². The largest absolute Gasteiger partial charge is 0.464 e. The third-order valence-electron chi connectivity index (χ3n) is 6.76. The highest BCUT2D eigenvalue weighted by atomic mass is 16.5. The van der Waals surface area contributed by atoms with Gasteiger partial charge in [0.05, 0.1) is 23.6 Å². The number of para-hydroxylation sites is 1. The minimum atomic E-state index is -0.672. The maximum atomic E-state index is 13.4. The molecular weight excluding hydrogens is 456 g/mol. The number of ether oxygens (including phenoxy) is 2. The van der Waals surface area contributed by atoms with Gasteiger partial charge in [-0.25, -0.2) is 0 Å². The molecule has 6 rings (SSSR count). The van der Waals surface area contributed by atoms with Crippen LogP contribution in [0.25, 0.3) is 17.0 Å². The van der Waals surface area contributed by atoms with Crippen LogP contribution in [-0.4, -0.2) is 11.8 Å². The van der Waals surface area contributed by atoms with E-state index in [1.54, 1.807) is 42.5 Å². The van der Waals surface area contributed by atoms with E-state index in [1.165, 1.54) is 11.8 Å². The Hall–Kier alpha value is -4.45. The topological polar surface area (TPSA) is 82.8 Å². The van der Waals surface area contributed by atoms with Gasteiger partial charge in [-0.15, -0.1) is 0 Å². The van der Waals surface area contributed by atoms with Crippen molar-refractivity contribution in [2.24, 2.45) is 0 Å². The number of rotatable bonds is 3. The Morgan fingerprint density at radius 1 is 0.917 bits per heavy atom. The first-order valence-corrected chi connectivity index (χ1v) is 11.8. The molecule has 4 aromatic rings. The molecule has 1 atom stereocenters. The zero-order valence-electron chi connectivity index (χ0n) is 19.7. The lowest BCUT2D eigenvalue weighted by molar-refractivity contribution is -0.135. The molecule has 0 saturated carbocycles. The van der Waals surface area contributed by atoms with Crippen molar-refractivity contribution in [2.45, 2.75) is 32.1 Å². The van der Waals surface area contributed by atoms with Gasteiger partial charge >= 0.3 is 5.97 Å². The number of allylic oxidation sites excluding steroid dienone is 1. The van der Waals surface area contributed by atoms with E-state index in [1.807, 2.05) is 24.3 Å². The predicted molar refractivity (Wildman–Crippen MR) is 134 cm³/mol. The first-order chi connectivity index (χ1) is 17.4. The van der Waals surface area contributed by atoms with Crippen LogP contribution in [0, 0.1) is 0 Å². The third kappa shape index (κ3) is 3.53. The molecule has 3 heterocycles. The van der Waals surface area contributed by atoms with Crippen molar-refractivity contribution in [1.29, 1.82) is 0 Å². The van der Waals surface area contributed by atoms with E-state index in [4.69, 9.17) is 13.9 Å². The number of hydrogen-bond donors (Lipinski definition) is 0. The third-order valence-corrected chi connectivity index (χ3v) is 6.76. The molecule has 0 amide bonds. The molecule has 1 aromatic heterocycles. The Bertz CT molecular complexity index is 1640. The molecule has 6 nitrogen and oxygen atoms in total. The van der Waals surface area contributed by atoms with Gasteiger partial charge < -0.3 is 13.9 Å². The number of hydrogen-bond acceptors (Lipinski definition) is 6. The second-order valence-corrected chi connectivity index (χ2v) is 9.36. The number of carbonyl (C=O) groups is 2. The van der Waals surface area contributed by atoms with Crippen LogP contribution < -0.4 is 14.9 Å². The molecule has 2 aliphatic heterocycles. The summed E-state index contributed by atoms with van der Waals surface area (Å²) in [6.07, 6.45) is 3.02. The van der Waals surface area contributed by atoms with Gasteiger partial charge in [-0.05, 0) is 47.4 Å². The Balaban J connectivity index is 1.45. The van der Waals surface area contributed by atoms with Gasteiger partial charge in [0.15, 0.2) is 11.2 Å². The highest BCUT2D eigenvalue weighted by Gasteiger charge is 2.39. The fraction of sp³-hybridized carbons (Fsp3) is 0.167. The Kier molecular flexibility index (Phi) is 5.11. The molecule has 36 heavy (non-hydrogen) atoms. The molecule has 0 N–H and O–H groups in total. The minimum Gasteiger partial charge on any atom is -0.464 e. The van der Waals surface area contributed by atoms with E-state index in [-0.39, 0.29) is 29.1 Å². The molecule has 0 saturated heterocycles. The fourth-order valence-electron chi connectivity index (χ4n) is 4.83. The van der Waals surface area contributed by atoms with Gasteiger partial charge in [-0.1, -0.05) is 50.2 Å². The summed E-state index contributed by atoms with van der Waals surface area (Å²) in [6, 6.07) is 18.1. The molecule has 0 radical (unpaired) electrons. The summed E-state index contributed by atoms with van der Waals surface area (Å²) in [6.45, 7) is 4.24.